The first-order valence-electron chi connectivity index (χ1n) is 6.03. The second kappa shape index (κ2) is 6.00. The van der Waals surface area contributed by atoms with Gasteiger partial charge in [0.25, 0.3) is 0 Å². The Morgan fingerprint density at radius 2 is 2.05 bits per heavy atom. The normalized spacial score (nSPS) is 10.0. The lowest BCUT2D eigenvalue weighted by molar-refractivity contribution is 0.0600. The van der Waals surface area contributed by atoms with Gasteiger partial charge in [-0.25, -0.2) is 4.79 Å². The minimum Gasteiger partial charge on any atom is -0.465 e. The number of anilines is 1. The largest absolute Gasteiger partial charge is 0.465 e. The highest BCUT2D eigenvalue weighted by molar-refractivity contribution is 5.88. The number of nitrogens with zero attached hydrogens (tertiary/aromatic N) is 1. The number of pyridine rings is 1. The maximum Gasteiger partial charge on any atom is 0.339 e. The molecule has 0 aliphatic rings. The molecule has 0 bridgehead atoms. The molecule has 98 valence electrons. The van der Waals surface area contributed by atoms with Crippen molar-refractivity contribution in [2.24, 2.45) is 0 Å². The minimum atomic E-state index is -0.370. The lowest BCUT2D eigenvalue weighted by atomic mass is 10.2. The van der Waals surface area contributed by atoms with Crippen LogP contribution in [0.2, 0.25) is 0 Å². The van der Waals surface area contributed by atoms with Gasteiger partial charge in [0.2, 0.25) is 0 Å². The third-order valence-corrected chi connectivity index (χ3v) is 2.85. The van der Waals surface area contributed by atoms with Crippen LogP contribution < -0.4 is 5.32 Å². The highest BCUT2D eigenvalue weighted by Gasteiger charge is 2.05. The van der Waals surface area contributed by atoms with Gasteiger partial charge in [-0.05, 0) is 30.7 Å². The molecule has 0 amide bonds. The third-order valence-electron chi connectivity index (χ3n) is 2.85. The number of benzene rings is 1. The van der Waals surface area contributed by atoms with E-state index in [0.717, 1.165) is 11.4 Å². The minimum absolute atomic E-state index is 0.370. The van der Waals surface area contributed by atoms with E-state index in [2.05, 4.69) is 28.0 Å². The zero-order valence-corrected chi connectivity index (χ0v) is 11.0. The highest BCUT2D eigenvalue weighted by atomic mass is 16.5. The molecule has 2 rings (SSSR count). The standard InChI is InChI=1S/C15H16N2O2/c1-11-5-3-4-6-14(11)17-10-13-8-7-12(9-16-13)15(18)19-2/h3-9,17H,10H2,1-2H3. The van der Waals surface area contributed by atoms with Crippen LogP contribution in [0.25, 0.3) is 0 Å². The van der Waals surface area contributed by atoms with Crippen LogP contribution in [0.3, 0.4) is 0 Å². The van der Waals surface area contributed by atoms with Crippen molar-refractivity contribution in [3.8, 4) is 0 Å². The summed E-state index contributed by atoms with van der Waals surface area (Å²) in [5, 5.41) is 3.31. The molecule has 0 aliphatic carbocycles. The molecule has 0 unspecified atom stereocenters. The molecule has 1 aromatic carbocycles. The Morgan fingerprint density at radius 3 is 2.68 bits per heavy atom. The van der Waals surface area contributed by atoms with Crippen molar-refractivity contribution in [1.29, 1.82) is 0 Å². The molecule has 0 saturated heterocycles. The lowest BCUT2D eigenvalue weighted by Gasteiger charge is -2.08. The van der Waals surface area contributed by atoms with Gasteiger partial charge >= 0.3 is 5.97 Å². The quantitative estimate of drug-likeness (QED) is 0.855. The second-order valence-electron chi connectivity index (χ2n) is 4.20. The van der Waals surface area contributed by atoms with Crippen LogP contribution in [0.15, 0.2) is 42.6 Å². The molecular weight excluding hydrogens is 240 g/mol. The average Bonchev–Trinajstić information content (AvgIpc) is 2.46. The van der Waals surface area contributed by atoms with Gasteiger partial charge in [0, 0.05) is 11.9 Å². The van der Waals surface area contributed by atoms with Gasteiger partial charge in [0.15, 0.2) is 0 Å². The Balaban J connectivity index is 2.01. The first kappa shape index (κ1) is 13.1. The van der Waals surface area contributed by atoms with Gasteiger partial charge in [-0.2, -0.15) is 0 Å². The summed E-state index contributed by atoms with van der Waals surface area (Å²) >= 11 is 0. The Bertz CT molecular complexity index is 565. The number of carbonyl (C=O) groups excluding carboxylic acids is 1. The summed E-state index contributed by atoms with van der Waals surface area (Å²) in [5.41, 5.74) is 3.60. The van der Waals surface area contributed by atoms with Crippen molar-refractivity contribution < 1.29 is 9.53 Å². The lowest BCUT2D eigenvalue weighted by Crippen LogP contribution is -2.05. The summed E-state index contributed by atoms with van der Waals surface area (Å²) in [6.07, 6.45) is 1.53. The van der Waals surface area contributed by atoms with Gasteiger partial charge in [-0.3, -0.25) is 4.98 Å². The topological polar surface area (TPSA) is 51.2 Å². The number of aromatic nitrogens is 1. The predicted molar refractivity (Wildman–Crippen MR) is 74.1 cm³/mol. The first-order chi connectivity index (χ1) is 9.20. The molecule has 0 aliphatic heterocycles. The smallest absolute Gasteiger partial charge is 0.339 e. The van der Waals surface area contributed by atoms with Crippen LogP contribution in [0, 0.1) is 6.92 Å². The van der Waals surface area contributed by atoms with Crippen LogP contribution in [0.5, 0.6) is 0 Å². The molecule has 19 heavy (non-hydrogen) atoms. The zero-order chi connectivity index (χ0) is 13.7. The van der Waals surface area contributed by atoms with E-state index in [4.69, 9.17) is 0 Å². The van der Waals surface area contributed by atoms with Crippen LogP contribution in [0.1, 0.15) is 21.6 Å². The number of carbonyl (C=O) groups is 1. The number of ether oxygens (including phenoxy) is 1. The van der Waals surface area contributed by atoms with E-state index in [0.29, 0.717) is 12.1 Å². The number of nitrogens with one attached hydrogen (secondary N) is 1. The number of aryl methyl sites for hydroxylation is 1. The van der Waals surface area contributed by atoms with Crippen molar-refractivity contribution in [2.45, 2.75) is 13.5 Å². The molecule has 1 heterocycles. The van der Waals surface area contributed by atoms with Crippen molar-refractivity contribution in [1.82, 2.24) is 4.98 Å². The van der Waals surface area contributed by atoms with Crippen LogP contribution in [-0.4, -0.2) is 18.1 Å². The molecule has 0 fully saturated rings. The molecule has 0 saturated carbocycles. The van der Waals surface area contributed by atoms with E-state index in [1.165, 1.54) is 18.9 Å². The van der Waals surface area contributed by atoms with Crippen LogP contribution in [0.4, 0.5) is 5.69 Å². The summed E-state index contributed by atoms with van der Waals surface area (Å²) in [4.78, 5) is 15.5. The molecule has 0 atom stereocenters. The number of esters is 1. The number of rotatable bonds is 4. The average molecular weight is 256 g/mol. The molecule has 2 aromatic rings. The van der Waals surface area contributed by atoms with E-state index >= 15 is 0 Å². The maximum atomic E-state index is 11.3. The Kier molecular flexibility index (Phi) is 4.13. The molecule has 1 N–H and O–H groups in total. The van der Waals surface area contributed by atoms with E-state index in [1.54, 1.807) is 6.07 Å². The Morgan fingerprint density at radius 1 is 1.26 bits per heavy atom. The number of methoxy groups -OCH3 is 1. The molecule has 4 heteroatoms. The van der Waals surface area contributed by atoms with Crippen molar-refractivity contribution in [3.63, 3.8) is 0 Å². The third kappa shape index (κ3) is 3.31. The summed E-state index contributed by atoms with van der Waals surface area (Å²) in [7, 11) is 1.36. The van der Waals surface area contributed by atoms with Crippen LogP contribution in [-0.2, 0) is 11.3 Å². The van der Waals surface area contributed by atoms with Gasteiger partial charge in [-0.1, -0.05) is 18.2 Å². The molecule has 4 nitrogen and oxygen atoms in total. The summed E-state index contributed by atoms with van der Waals surface area (Å²) in [6, 6.07) is 11.6. The number of para-hydroxylation sites is 1. The van der Waals surface area contributed by atoms with Crippen molar-refractivity contribution in [2.75, 3.05) is 12.4 Å². The van der Waals surface area contributed by atoms with Gasteiger partial charge < -0.3 is 10.1 Å². The molecule has 0 spiro atoms. The van der Waals surface area contributed by atoms with E-state index in [-0.39, 0.29) is 5.97 Å². The van der Waals surface area contributed by atoms with Gasteiger partial charge in [0.05, 0.1) is 24.9 Å². The summed E-state index contributed by atoms with van der Waals surface area (Å²) < 4.78 is 4.63. The Hall–Kier alpha value is -2.36. The van der Waals surface area contributed by atoms with Crippen molar-refractivity contribution in [3.05, 3.63) is 59.4 Å². The van der Waals surface area contributed by atoms with Gasteiger partial charge in [0.1, 0.15) is 0 Å². The molecule has 1 aromatic heterocycles. The van der Waals surface area contributed by atoms with E-state index in [1.807, 2.05) is 24.3 Å². The fourth-order valence-electron chi connectivity index (χ4n) is 1.72. The SMILES string of the molecule is COC(=O)c1ccc(CNc2ccccc2C)nc1. The van der Waals surface area contributed by atoms with E-state index < -0.39 is 0 Å². The monoisotopic (exact) mass is 256 g/mol. The number of hydrogen-bond acceptors (Lipinski definition) is 4. The van der Waals surface area contributed by atoms with Gasteiger partial charge in [-0.15, -0.1) is 0 Å². The highest BCUT2D eigenvalue weighted by Crippen LogP contribution is 2.14. The maximum absolute atomic E-state index is 11.3. The molecule has 0 radical (unpaired) electrons. The molecular formula is C15H16N2O2. The fraction of sp³-hybridized carbons (Fsp3) is 0.200. The van der Waals surface area contributed by atoms with Crippen LogP contribution >= 0.6 is 0 Å². The summed E-state index contributed by atoms with van der Waals surface area (Å²) in [6.45, 7) is 2.67. The first-order valence-corrected chi connectivity index (χ1v) is 6.03. The second-order valence-corrected chi connectivity index (χ2v) is 4.20. The summed E-state index contributed by atoms with van der Waals surface area (Å²) in [5.74, 6) is -0.370. The number of hydrogen-bond donors (Lipinski definition) is 1. The zero-order valence-electron chi connectivity index (χ0n) is 11.0. The predicted octanol–water partition coefficient (Wildman–Crippen LogP) is 2.79. The van der Waals surface area contributed by atoms with E-state index in [9.17, 15) is 4.79 Å². The van der Waals surface area contributed by atoms with Crippen molar-refractivity contribution >= 4 is 11.7 Å². The fourth-order valence-corrected chi connectivity index (χ4v) is 1.72. The Labute approximate surface area is 112 Å².